The molecule has 1 atom stereocenters. The molecule has 18 heavy (non-hydrogen) atoms. The maximum atomic E-state index is 12.5. The fraction of sp³-hybridized carbons (Fsp3) is 0.500. The van der Waals surface area contributed by atoms with E-state index < -0.39 is 16.1 Å². The molecule has 1 aromatic carbocycles. The molecule has 1 fully saturated rings. The SMILES string of the molecule is Cc1ccc(Br)cc1S(=O)(=O)N1CCC[C@H](O)C1. The van der Waals surface area contributed by atoms with Gasteiger partial charge in [-0.2, -0.15) is 4.31 Å². The van der Waals surface area contributed by atoms with E-state index in [1.54, 1.807) is 19.1 Å². The highest BCUT2D eigenvalue weighted by Crippen LogP contribution is 2.26. The van der Waals surface area contributed by atoms with Crippen LogP contribution in [0.3, 0.4) is 0 Å². The molecule has 1 aliphatic rings. The number of piperidine rings is 1. The zero-order valence-corrected chi connectivity index (χ0v) is 12.5. The van der Waals surface area contributed by atoms with Crippen LogP contribution in [-0.4, -0.2) is 37.0 Å². The molecule has 0 bridgehead atoms. The Morgan fingerprint density at radius 3 is 2.83 bits per heavy atom. The molecule has 0 spiro atoms. The van der Waals surface area contributed by atoms with Crippen LogP contribution in [0, 0.1) is 6.92 Å². The van der Waals surface area contributed by atoms with Crippen LogP contribution in [0.25, 0.3) is 0 Å². The molecule has 0 amide bonds. The van der Waals surface area contributed by atoms with Gasteiger partial charge in [0.15, 0.2) is 0 Å². The standard InChI is InChI=1S/C12H16BrNO3S/c1-9-4-5-10(13)7-12(9)18(16,17)14-6-2-3-11(15)8-14/h4-5,7,11,15H,2-3,6,8H2,1H3/t11-/m0/s1. The van der Waals surface area contributed by atoms with Gasteiger partial charge < -0.3 is 5.11 Å². The minimum absolute atomic E-state index is 0.189. The monoisotopic (exact) mass is 333 g/mol. The lowest BCUT2D eigenvalue weighted by molar-refractivity contribution is 0.108. The normalized spacial score (nSPS) is 22.1. The third-order valence-corrected chi connectivity index (χ3v) is 5.63. The molecule has 1 saturated heterocycles. The number of hydrogen-bond acceptors (Lipinski definition) is 3. The van der Waals surface area contributed by atoms with Crippen LogP contribution in [0.5, 0.6) is 0 Å². The number of aliphatic hydroxyl groups is 1. The van der Waals surface area contributed by atoms with Gasteiger partial charge in [0.1, 0.15) is 0 Å². The smallest absolute Gasteiger partial charge is 0.243 e. The average Bonchev–Trinajstić information content (AvgIpc) is 2.32. The Balaban J connectivity index is 2.38. The lowest BCUT2D eigenvalue weighted by Crippen LogP contribution is -2.42. The number of sulfonamides is 1. The number of β-amino-alcohol motifs (C(OH)–C–C–N with tert-alkyl or cyclic N) is 1. The fourth-order valence-corrected chi connectivity index (χ4v) is 4.41. The Kier molecular flexibility index (Phi) is 4.11. The Bertz CT molecular complexity index is 544. The van der Waals surface area contributed by atoms with Crippen molar-refractivity contribution >= 4 is 26.0 Å². The average molecular weight is 334 g/mol. The van der Waals surface area contributed by atoms with Crippen molar-refractivity contribution in [3.63, 3.8) is 0 Å². The van der Waals surface area contributed by atoms with Gasteiger partial charge in [0.25, 0.3) is 0 Å². The van der Waals surface area contributed by atoms with Crippen molar-refractivity contribution < 1.29 is 13.5 Å². The first-order chi connectivity index (χ1) is 8.41. The van der Waals surface area contributed by atoms with Crippen molar-refractivity contribution in [2.45, 2.75) is 30.8 Å². The lowest BCUT2D eigenvalue weighted by Gasteiger charge is -2.29. The molecule has 0 saturated carbocycles. The summed E-state index contributed by atoms with van der Waals surface area (Å²) in [6.45, 7) is 2.44. The van der Waals surface area contributed by atoms with Crippen LogP contribution in [-0.2, 0) is 10.0 Å². The third kappa shape index (κ3) is 2.77. The summed E-state index contributed by atoms with van der Waals surface area (Å²) in [5.74, 6) is 0. The van der Waals surface area contributed by atoms with E-state index in [0.29, 0.717) is 24.3 Å². The van der Waals surface area contributed by atoms with E-state index in [0.717, 1.165) is 10.0 Å². The van der Waals surface area contributed by atoms with Crippen LogP contribution < -0.4 is 0 Å². The molecule has 0 radical (unpaired) electrons. The minimum atomic E-state index is -3.50. The number of aryl methyl sites for hydroxylation is 1. The highest BCUT2D eigenvalue weighted by molar-refractivity contribution is 9.10. The van der Waals surface area contributed by atoms with Crippen molar-refractivity contribution in [2.75, 3.05) is 13.1 Å². The number of halogens is 1. The summed E-state index contributed by atoms with van der Waals surface area (Å²) >= 11 is 3.29. The number of aliphatic hydroxyl groups excluding tert-OH is 1. The van der Waals surface area contributed by atoms with Gasteiger partial charge in [-0.3, -0.25) is 0 Å². The molecular formula is C12H16BrNO3S. The first-order valence-corrected chi connectivity index (χ1v) is 8.09. The maximum absolute atomic E-state index is 12.5. The van der Waals surface area contributed by atoms with E-state index >= 15 is 0 Å². The Morgan fingerprint density at radius 2 is 2.17 bits per heavy atom. The van der Waals surface area contributed by atoms with Crippen molar-refractivity contribution in [1.82, 2.24) is 4.31 Å². The quantitative estimate of drug-likeness (QED) is 0.899. The number of hydrogen-bond donors (Lipinski definition) is 1. The van der Waals surface area contributed by atoms with E-state index in [2.05, 4.69) is 15.9 Å². The summed E-state index contributed by atoms with van der Waals surface area (Å²) in [6, 6.07) is 5.21. The fourth-order valence-electron chi connectivity index (χ4n) is 2.13. The topological polar surface area (TPSA) is 57.6 Å². The highest BCUT2D eigenvalue weighted by atomic mass is 79.9. The van der Waals surface area contributed by atoms with E-state index in [1.807, 2.05) is 6.07 Å². The number of rotatable bonds is 2. The Hall–Kier alpha value is -0.430. The summed E-state index contributed by atoms with van der Waals surface area (Å²) in [7, 11) is -3.50. The number of nitrogens with zero attached hydrogens (tertiary/aromatic N) is 1. The second-order valence-corrected chi connectivity index (χ2v) is 7.39. The molecule has 1 heterocycles. The maximum Gasteiger partial charge on any atom is 0.243 e. The van der Waals surface area contributed by atoms with E-state index in [-0.39, 0.29) is 6.54 Å². The van der Waals surface area contributed by atoms with Crippen LogP contribution in [0.15, 0.2) is 27.6 Å². The first-order valence-electron chi connectivity index (χ1n) is 5.85. The van der Waals surface area contributed by atoms with E-state index in [1.165, 1.54) is 4.31 Å². The zero-order chi connectivity index (χ0) is 13.3. The van der Waals surface area contributed by atoms with Gasteiger partial charge in [0.05, 0.1) is 11.0 Å². The van der Waals surface area contributed by atoms with Crippen LogP contribution in [0.4, 0.5) is 0 Å². The Morgan fingerprint density at radius 1 is 1.44 bits per heavy atom. The molecule has 0 aromatic heterocycles. The second-order valence-electron chi connectivity index (χ2n) is 4.57. The van der Waals surface area contributed by atoms with Gasteiger partial charge in [0.2, 0.25) is 10.0 Å². The molecule has 100 valence electrons. The van der Waals surface area contributed by atoms with Crippen LogP contribution in [0.2, 0.25) is 0 Å². The summed E-state index contributed by atoms with van der Waals surface area (Å²) in [5.41, 5.74) is 0.721. The molecule has 1 aliphatic heterocycles. The molecule has 1 aromatic rings. The van der Waals surface area contributed by atoms with Gasteiger partial charge in [-0.25, -0.2) is 8.42 Å². The predicted octanol–water partition coefficient (Wildman–Crippen LogP) is 1.90. The van der Waals surface area contributed by atoms with Crippen molar-refractivity contribution in [3.8, 4) is 0 Å². The number of benzene rings is 1. The van der Waals surface area contributed by atoms with Gasteiger partial charge in [-0.15, -0.1) is 0 Å². The van der Waals surface area contributed by atoms with Gasteiger partial charge in [0, 0.05) is 17.6 Å². The Labute approximate surface area is 116 Å². The molecule has 1 N–H and O–H groups in total. The summed E-state index contributed by atoms with van der Waals surface area (Å²) in [5, 5.41) is 9.60. The van der Waals surface area contributed by atoms with Crippen molar-refractivity contribution in [1.29, 1.82) is 0 Å². The first kappa shape index (κ1) is 14.0. The van der Waals surface area contributed by atoms with Crippen LogP contribution in [0.1, 0.15) is 18.4 Å². The van der Waals surface area contributed by atoms with Crippen LogP contribution >= 0.6 is 15.9 Å². The minimum Gasteiger partial charge on any atom is -0.392 e. The largest absolute Gasteiger partial charge is 0.392 e. The van der Waals surface area contributed by atoms with E-state index in [4.69, 9.17) is 0 Å². The highest BCUT2D eigenvalue weighted by Gasteiger charge is 2.30. The van der Waals surface area contributed by atoms with Crippen molar-refractivity contribution in [2.24, 2.45) is 0 Å². The lowest BCUT2D eigenvalue weighted by atomic mass is 10.1. The predicted molar refractivity (Wildman–Crippen MR) is 72.9 cm³/mol. The summed E-state index contributed by atoms with van der Waals surface area (Å²) < 4.78 is 27.1. The summed E-state index contributed by atoms with van der Waals surface area (Å²) in [4.78, 5) is 0.311. The molecule has 0 unspecified atom stereocenters. The zero-order valence-electron chi connectivity index (χ0n) is 10.1. The second kappa shape index (κ2) is 5.28. The van der Waals surface area contributed by atoms with Gasteiger partial charge in [-0.1, -0.05) is 22.0 Å². The van der Waals surface area contributed by atoms with Gasteiger partial charge >= 0.3 is 0 Å². The molecule has 0 aliphatic carbocycles. The molecule has 2 rings (SSSR count). The van der Waals surface area contributed by atoms with Crippen molar-refractivity contribution in [3.05, 3.63) is 28.2 Å². The molecular weight excluding hydrogens is 318 g/mol. The molecule has 4 nitrogen and oxygen atoms in total. The van der Waals surface area contributed by atoms with Gasteiger partial charge in [-0.05, 0) is 37.5 Å². The molecule has 6 heteroatoms. The third-order valence-electron chi connectivity index (χ3n) is 3.13. The summed E-state index contributed by atoms with van der Waals surface area (Å²) in [6.07, 6.45) is 0.817. The van der Waals surface area contributed by atoms with E-state index in [9.17, 15) is 13.5 Å².